The molecule has 0 spiro atoms. The Balaban J connectivity index is 2.42. The van der Waals surface area contributed by atoms with Crippen LogP contribution in [-0.4, -0.2) is 118 Å². The molecule has 32 heavy (non-hydrogen) atoms. The van der Waals surface area contributed by atoms with Crippen molar-refractivity contribution in [3.63, 3.8) is 0 Å². The lowest BCUT2D eigenvalue weighted by Gasteiger charge is -2.44. The van der Waals surface area contributed by atoms with Gasteiger partial charge in [0, 0.05) is 0 Å². The number of carboxylic acid groups (broad SMARTS) is 1. The van der Waals surface area contributed by atoms with Gasteiger partial charge < -0.3 is 44.8 Å². The van der Waals surface area contributed by atoms with Crippen molar-refractivity contribution in [2.75, 3.05) is 6.61 Å². The van der Waals surface area contributed by atoms with Crippen molar-refractivity contribution in [1.29, 1.82) is 0 Å². The molecule has 2 heterocycles. The van der Waals surface area contributed by atoms with Crippen LogP contribution in [0.3, 0.4) is 0 Å². The summed E-state index contributed by atoms with van der Waals surface area (Å²) in [5.74, 6) is -4.75. The summed E-state index contributed by atoms with van der Waals surface area (Å²) in [4.78, 5) is 11.2. The van der Waals surface area contributed by atoms with E-state index in [-0.39, 0.29) is 0 Å². The Bertz CT molecular complexity index is 947. The molecule has 0 aromatic carbocycles. The van der Waals surface area contributed by atoms with Gasteiger partial charge in [0.05, 0.1) is 6.61 Å². The molecular formula is C12H19NO17S2. The van der Waals surface area contributed by atoms with Gasteiger partial charge in [0.25, 0.3) is 0 Å². The third kappa shape index (κ3) is 6.21. The van der Waals surface area contributed by atoms with Gasteiger partial charge >= 0.3 is 26.7 Å². The summed E-state index contributed by atoms with van der Waals surface area (Å²) < 4.78 is 82.3. The van der Waals surface area contributed by atoms with Crippen LogP contribution < -0.4 is 4.72 Å². The van der Waals surface area contributed by atoms with E-state index in [0.717, 1.165) is 0 Å². The van der Waals surface area contributed by atoms with Crippen LogP contribution in [0.1, 0.15) is 0 Å². The van der Waals surface area contributed by atoms with Crippen molar-refractivity contribution in [3.05, 3.63) is 11.5 Å². The second-order valence-electron chi connectivity index (χ2n) is 6.40. The number of aliphatic hydroxyl groups excluding tert-OH is 5. The Morgan fingerprint density at radius 3 is 2.16 bits per heavy atom. The van der Waals surface area contributed by atoms with Gasteiger partial charge in [-0.3, -0.25) is 9.11 Å². The minimum atomic E-state index is -5.38. The molecule has 2 aliphatic rings. The minimum Gasteiger partial charge on any atom is -0.506 e. The number of hydrogen-bond acceptors (Lipinski definition) is 14. The normalized spacial score (nSPS) is 36.6. The van der Waals surface area contributed by atoms with E-state index in [4.69, 9.17) is 28.4 Å². The molecule has 1 unspecified atom stereocenters. The topological polar surface area (TPSA) is 296 Å². The highest BCUT2D eigenvalue weighted by atomic mass is 32.3. The molecule has 2 rings (SSSR count). The average Bonchev–Trinajstić information content (AvgIpc) is 2.64. The predicted molar refractivity (Wildman–Crippen MR) is 91.9 cm³/mol. The predicted octanol–water partition coefficient (Wildman–Crippen LogP) is -5.04. The van der Waals surface area contributed by atoms with E-state index in [0.29, 0.717) is 0 Å². The summed E-state index contributed by atoms with van der Waals surface area (Å²) in [7, 11) is -10.4. The SMILES string of the molecule is O=C(O)C1=C(O)[C@H](O)[C@@H](OS(=O)(=O)O)[C@H](O[C@H]2[C@H](O)[C@@H](NS(=O)(=O)O)C(O)O[C@@H]2CO)O1. The summed E-state index contributed by atoms with van der Waals surface area (Å²) in [6.45, 7) is -1.02. The van der Waals surface area contributed by atoms with E-state index >= 15 is 0 Å². The first kappa shape index (κ1) is 26.6. The van der Waals surface area contributed by atoms with Crippen molar-refractivity contribution in [2.45, 2.75) is 49.1 Å². The first-order chi connectivity index (χ1) is 14.6. The Hall–Kier alpha value is -1.69. The highest BCUT2D eigenvalue weighted by Crippen LogP contribution is 2.31. The molecule has 1 saturated heterocycles. The fourth-order valence-electron chi connectivity index (χ4n) is 2.89. The highest BCUT2D eigenvalue weighted by Gasteiger charge is 2.52. The van der Waals surface area contributed by atoms with Gasteiger partial charge in [0.15, 0.2) is 18.2 Å². The molecule has 2 aliphatic heterocycles. The number of carboxylic acids is 1. The fraction of sp³-hybridized carbons (Fsp3) is 0.750. The van der Waals surface area contributed by atoms with Crippen molar-refractivity contribution in [3.8, 4) is 0 Å². The first-order valence-electron chi connectivity index (χ1n) is 8.25. The summed E-state index contributed by atoms with van der Waals surface area (Å²) >= 11 is 0. The molecule has 0 aliphatic carbocycles. The van der Waals surface area contributed by atoms with Gasteiger partial charge in [-0.05, 0) is 0 Å². The monoisotopic (exact) mass is 513 g/mol. The minimum absolute atomic E-state index is 1.02. The zero-order chi connectivity index (χ0) is 24.6. The van der Waals surface area contributed by atoms with Gasteiger partial charge in [0.1, 0.15) is 30.5 Å². The quantitative estimate of drug-likeness (QED) is 0.137. The van der Waals surface area contributed by atoms with Gasteiger partial charge in [-0.15, -0.1) is 0 Å². The van der Waals surface area contributed by atoms with E-state index in [1.54, 1.807) is 0 Å². The van der Waals surface area contributed by atoms with Crippen molar-refractivity contribution < 1.29 is 79.8 Å². The maximum Gasteiger partial charge on any atom is 0.397 e. The number of rotatable bonds is 8. The van der Waals surface area contributed by atoms with Crippen LogP contribution in [0, 0.1) is 0 Å². The zero-order valence-electron chi connectivity index (χ0n) is 15.4. The molecule has 186 valence electrons. The molecule has 0 radical (unpaired) electrons. The Kier molecular flexibility index (Phi) is 8.02. The number of nitrogens with one attached hydrogen (secondary N) is 1. The van der Waals surface area contributed by atoms with Crippen LogP contribution in [0.25, 0.3) is 0 Å². The largest absolute Gasteiger partial charge is 0.506 e. The molecule has 0 saturated carbocycles. The lowest BCUT2D eigenvalue weighted by molar-refractivity contribution is -0.306. The number of aliphatic hydroxyl groups is 5. The maximum atomic E-state index is 11.2. The van der Waals surface area contributed by atoms with Crippen molar-refractivity contribution in [1.82, 2.24) is 4.72 Å². The standard InChI is InChI=1S/C12H19NO17S2/c14-1-2-7(4(15)3(11(20)27-2)13-31(21,22)23)28-12-9(30-32(24,25)26)6(17)5(16)8(29-12)10(18)19/h2-4,6-7,9,11-17,20H,1H2,(H,18,19)(H,21,22,23)(H,24,25,26)/t2-,3-,4-,6+,7-,9-,11?,12-/m1/s1. The van der Waals surface area contributed by atoms with Gasteiger partial charge in [-0.2, -0.15) is 21.6 Å². The summed E-state index contributed by atoms with van der Waals surface area (Å²) in [5.41, 5.74) is 0. The Labute approximate surface area is 179 Å². The van der Waals surface area contributed by atoms with Crippen molar-refractivity contribution in [2.24, 2.45) is 0 Å². The van der Waals surface area contributed by atoms with Gasteiger partial charge in [-0.1, -0.05) is 0 Å². The molecule has 0 bridgehead atoms. The van der Waals surface area contributed by atoms with Crippen LogP contribution in [-0.2, 0) is 43.9 Å². The van der Waals surface area contributed by atoms with Gasteiger partial charge in [0.2, 0.25) is 12.0 Å². The second kappa shape index (κ2) is 9.66. The molecule has 0 amide bonds. The Morgan fingerprint density at radius 2 is 1.69 bits per heavy atom. The third-order valence-corrected chi connectivity index (χ3v) is 5.24. The van der Waals surface area contributed by atoms with E-state index in [9.17, 15) is 47.2 Å². The lowest BCUT2D eigenvalue weighted by atomic mass is 9.97. The summed E-state index contributed by atoms with van der Waals surface area (Å²) in [6.07, 6.45) is -15.2. The van der Waals surface area contributed by atoms with Crippen molar-refractivity contribution >= 4 is 26.7 Å². The molecule has 0 aromatic rings. The van der Waals surface area contributed by atoms with Crippen LogP contribution in [0.5, 0.6) is 0 Å². The highest BCUT2D eigenvalue weighted by molar-refractivity contribution is 7.83. The van der Waals surface area contributed by atoms with E-state index < -0.39 is 93.9 Å². The van der Waals surface area contributed by atoms with E-state index in [1.165, 1.54) is 4.72 Å². The zero-order valence-corrected chi connectivity index (χ0v) is 17.0. The molecule has 0 aromatic heterocycles. The summed E-state index contributed by atoms with van der Waals surface area (Å²) in [5, 5.41) is 58.4. The smallest absolute Gasteiger partial charge is 0.397 e. The molecule has 9 N–H and O–H groups in total. The molecular weight excluding hydrogens is 494 g/mol. The van der Waals surface area contributed by atoms with Crippen LogP contribution >= 0.6 is 0 Å². The van der Waals surface area contributed by atoms with Gasteiger partial charge in [-0.25, -0.2) is 8.98 Å². The van der Waals surface area contributed by atoms with E-state index in [2.05, 4.69) is 4.18 Å². The number of aliphatic carboxylic acids is 1. The second-order valence-corrected chi connectivity index (χ2v) is 8.63. The van der Waals surface area contributed by atoms with Crippen LogP contribution in [0.4, 0.5) is 0 Å². The summed E-state index contributed by atoms with van der Waals surface area (Å²) in [6, 6.07) is -2.03. The molecule has 20 heteroatoms. The van der Waals surface area contributed by atoms with Crippen LogP contribution in [0.2, 0.25) is 0 Å². The number of hydrogen-bond donors (Lipinski definition) is 9. The Morgan fingerprint density at radius 1 is 1.09 bits per heavy atom. The first-order valence-corrected chi connectivity index (χ1v) is 11.1. The fourth-order valence-corrected chi connectivity index (χ4v) is 3.97. The lowest BCUT2D eigenvalue weighted by Crippen LogP contribution is -2.66. The third-order valence-electron chi connectivity index (χ3n) is 4.20. The number of carbonyl (C=O) groups is 1. The average molecular weight is 513 g/mol. The maximum absolute atomic E-state index is 11.2. The molecule has 8 atom stereocenters. The number of ether oxygens (including phenoxy) is 3. The van der Waals surface area contributed by atoms with Crippen LogP contribution in [0.15, 0.2) is 11.5 Å². The van der Waals surface area contributed by atoms with E-state index in [1.807, 2.05) is 0 Å². The molecule has 18 nitrogen and oxygen atoms in total. The molecule has 1 fully saturated rings.